The molecule has 1 aliphatic heterocycles. The Balaban J connectivity index is 1.71. The second-order valence-electron chi connectivity index (χ2n) is 4.20. The number of aliphatic carboxylic acids is 1. The highest BCUT2D eigenvalue weighted by Gasteiger charge is 2.14. The van der Waals surface area contributed by atoms with Gasteiger partial charge >= 0.3 is 5.97 Å². The predicted octanol–water partition coefficient (Wildman–Crippen LogP) is 1.64. The van der Waals surface area contributed by atoms with Crippen molar-refractivity contribution in [3.63, 3.8) is 0 Å². The number of rotatable bonds is 6. The van der Waals surface area contributed by atoms with E-state index >= 15 is 0 Å². The molecule has 1 unspecified atom stereocenters. The maximum absolute atomic E-state index is 10.5. The molecule has 1 aromatic rings. The molecule has 2 heterocycles. The van der Waals surface area contributed by atoms with Crippen LogP contribution in [0.2, 0.25) is 0 Å². The van der Waals surface area contributed by atoms with Crippen molar-refractivity contribution < 1.29 is 14.6 Å². The molecule has 94 valence electrons. The first-order valence-corrected chi connectivity index (χ1v) is 6.67. The van der Waals surface area contributed by atoms with Gasteiger partial charge in [-0.15, -0.1) is 11.3 Å². The summed E-state index contributed by atoms with van der Waals surface area (Å²) < 4.78 is 5.51. The van der Waals surface area contributed by atoms with Crippen LogP contribution in [0.4, 0.5) is 0 Å². The highest BCUT2D eigenvalue weighted by atomic mass is 32.1. The van der Waals surface area contributed by atoms with E-state index in [1.54, 1.807) is 11.3 Å². The number of ether oxygens (including phenoxy) is 1. The van der Waals surface area contributed by atoms with Crippen LogP contribution in [0.15, 0.2) is 12.1 Å². The van der Waals surface area contributed by atoms with Crippen molar-refractivity contribution in [3.05, 3.63) is 21.9 Å². The van der Waals surface area contributed by atoms with E-state index < -0.39 is 5.97 Å². The average Bonchev–Trinajstić information content (AvgIpc) is 2.89. The van der Waals surface area contributed by atoms with E-state index in [1.807, 2.05) is 12.1 Å². The van der Waals surface area contributed by atoms with Gasteiger partial charge in [0.1, 0.15) is 0 Å². The fraction of sp³-hybridized carbons (Fsp3) is 0.583. The Labute approximate surface area is 105 Å². The van der Waals surface area contributed by atoms with Crippen LogP contribution >= 0.6 is 11.3 Å². The second-order valence-corrected chi connectivity index (χ2v) is 5.46. The van der Waals surface area contributed by atoms with Gasteiger partial charge in [-0.1, -0.05) is 0 Å². The van der Waals surface area contributed by atoms with Crippen LogP contribution in [0.3, 0.4) is 0 Å². The van der Waals surface area contributed by atoms with E-state index in [9.17, 15) is 4.79 Å². The number of thiophene rings is 1. The molecule has 4 nitrogen and oxygen atoms in total. The third-order valence-electron chi connectivity index (χ3n) is 2.74. The zero-order chi connectivity index (χ0) is 12.1. The number of carboxylic acid groups (broad SMARTS) is 1. The van der Waals surface area contributed by atoms with Crippen molar-refractivity contribution in [2.45, 2.75) is 31.9 Å². The molecule has 0 amide bonds. The third-order valence-corrected chi connectivity index (χ3v) is 3.82. The third kappa shape index (κ3) is 4.11. The van der Waals surface area contributed by atoms with E-state index in [-0.39, 0.29) is 6.42 Å². The number of carbonyl (C=O) groups is 1. The zero-order valence-electron chi connectivity index (χ0n) is 9.65. The lowest BCUT2D eigenvalue weighted by atomic mass is 10.2. The summed E-state index contributed by atoms with van der Waals surface area (Å²) in [4.78, 5) is 12.6. The fourth-order valence-corrected chi connectivity index (χ4v) is 2.90. The van der Waals surface area contributed by atoms with Crippen molar-refractivity contribution in [2.24, 2.45) is 0 Å². The SMILES string of the molecule is O=C(O)Cc1ccc(CNCC2CCCO2)s1. The standard InChI is InChI=1S/C12H17NO3S/c14-12(15)6-10-3-4-11(17-10)8-13-7-9-2-1-5-16-9/h3-4,9,13H,1-2,5-8H2,(H,14,15). The van der Waals surface area contributed by atoms with E-state index in [0.29, 0.717) is 6.10 Å². The highest BCUT2D eigenvalue weighted by Crippen LogP contribution is 2.17. The van der Waals surface area contributed by atoms with Gasteiger partial charge in [0, 0.05) is 29.5 Å². The minimum absolute atomic E-state index is 0.121. The predicted molar refractivity (Wildman–Crippen MR) is 66.3 cm³/mol. The first-order chi connectivity index (χ1) is 8.24. The average molecular weight is 255 g/mol. The molecular weight excluding hydrogens is 238 g/mol. The van der Waals surface area contributed by atoms with Crippen LogP contribution in [0.25, 0.3) is 0 Å². The summed E-state index contributed by atoms with van der Waals surface area (Å²) in [6.07, 6.45) is 2.78. The Hall–Kier alpha value is -0.910. The van der Waals surface area contributed by atoms with Gasteiger partial charge in [-0.25, -0.2) is 0 Å². The lowest BCUT2D eigenvalue weighted by Crippen LogP contribution is -2.25. The molecule has 1 saturated heterocycles. The van der Waals surface area contributed by atoms with Gasteiger partial charge in [0.2, 0.25) is 0 Å². The number of hydrogen-bond donors (Lipinski definition) is 2. The van der Waals surface area contributed by atoms with E-state index in [2.05, 4.69) is 5.32 Å². The maximum Gasteiger partial charge on any atom is 0.308 e. The molecule has 5 heteroatoms. The van der Waals surface area contributed by atoms with Crippen molar-refractivity contribution in [1.82, 2.24) is 5.32 Å². The molecule has 0 radical (unpaired) electrons. The summed E-state index contributed by atoms with van der Waals surface area (Å²) >= 11 is 1.56. The lowest BCUT2D eigenvalue weighted by molar-refractivity contribution is -0.136. The zero-order valence-corrected chi connectivity index (χ0v) is 10.5. The summed E-state index contributed by atoms with van der Waals surface area (Å²) in [5, 5.41) is 12.0. The van der Waals surface area contributed by atoms with Gasteiger partial charge in [0.05, 0.1) is 12.5 Å². The minimum Gasteiger partial charge on any atom is -0.481 e. The van der Waals surface area contributed by atoms with Gasteiger partial charge < -0.3 is 15.2 Å². The molecule has 17 heavy (non-hydrogen) atoms. The van der Waals surface area contributed by atoms with Crippen molar-refractivity contribution >= 4 is 17.3 Å². The Morgan fingerprint density at radius 3 is 3.06 bits per heavy atom. The van der Waals surface area contributed by atoms with Gasteiger partial charge in [0.25, 0.3) is 0 Å². The largest absolute Gasteiger partial charge is 0.481 e. The van der Waals surface area contributed by atoms with E-state index in [0.717, 1.165) is 37.4 Å². The Morgan fingerprint density at radius 2 is 2.35 bits per heavy atom. The first kappa shape index (κ1) is 12.5. The first-order valence-electron chi connectivity index (χ1n) is 5.86. The van der Waals surface area contributed by atoms with Crippen molar-refractivity contribution in [2.75, 3.05) is 13.2 Å². The van der Waals surface area contributed by atoms with Crippen LogP contribution in [0, 0.1) is 0 Å². The molecule has 0 aliphatic carbocycles. The minimum atomic E-state index is -0.772. The van der Waals surface area contributed by atoms with E-state index in [4.69, 9.17) is 9.84 Å². The van der Waals surface area contributed by atoms with Crippen LogP contribution in [-0.2, 0) is 22.5 Å². The molecule has 0 saturated carbocycles. The molecule has 0 aromatic carbocycles. The molecule has 0 bridgehead atoms. The summed E-state index contributed by atoms with van der Waals surface area (Å²) in [5.74, 6) is -0.772. The number of nitrogens with one attached hydrogen (secondary N) is 1. The normalized spacial score (nSPS) is 19.6. The van der Waals surface area contributed by atoms with Crippen LogP contribution in [0.5, 0.6) is 0 Å². The summed E-state index contributed by atoms with van der Waals surface area (Å²) in [7, 11) is 0. The van der Waals surface area contributed by atoms with Crippen molar-refractivity contribution in [3.8, 4) is 0 Å². The Kier molecular flexibility index (Phi) is 4.53. The van der Waals surface area contributed by atoms with Crippen molar-refractivity contribution in [1.29, 1.82) is 0 Å². The molecule has 1 atom stereocenters. The quantitative estimate of drug-likeness (QED) is 0.811. The topological polar surface area (TPSA) is 58.6 Å². The molecular formula is C12H17NO3S. The Bertz CT molecular complexity index is 372. The maximum atomic E-state index is 10.5. The summed E-state index contributed by atoms with van der Waals surface area (Å²) in [6.45, 7) is 2.56. The molecule has 1 aromatic heterocycles. The molecule has 1 aliphatic rings. The molecule has 2 N–H and O–H groups in total. The Morgan fingerprint density at radius 1 is 1.53 bits per heavy atom. The fourth-order valence-electron chi connectivity index (χ4n) is 1.92. The molecule has 2 rings (SSSR count). The van der Waals surface area contributed by atoms with Gasteiger partial charge in [-0.05, 0) is 25.0 Å². The summed E-state index contributed by atoms with van der Waals surface area (Å²) in [5.41, 5.74) is 0. The molecule has 0 spiro atoms. The molecule has 1 fully saturated rings. The van der Waals surface area contributed by atoms with Gasteiger partial charge in [-0.2, -0.15) is 0 Å². The smallest absolute Gasteiger partial charge is 0.308 e. The summed E-state index contributed by atoms with van der Waals surface area (Å²) in [6, 6.07) is 3.88. The van der Waals surface area contributed by atoms with Gasteiger partial charge in [0.15, 0.2) is 0 Å². The highest BCUT2D eigenvalue weighted by molar-refractivity contribution is 7.12. The lowest BCUT2D eigenvalue weighted by Gasteiger charge is -2.09. The van der Waals surface area contributed by atoms with Crippen LogP contribution in [-0.4, -0.2) is 30.3 Å². The monoisotopic (exact) mass is 255 g/mol. The number of carboxylic acids is 1. The van der Waals surface area contributed by atoms with Gasteiger partial charge in [-0.3, -0.25) is 4.79 Å². The second kappa shape index (κ2) is 6.14. The van der Waals surface area contributed by atoms with Crippen LogP contribution in [0.1, 0.15) is 22.6 Å². The van der Waals surface area contributed by atoms with Crippen LogP contribution < -0.4 is 5.32 Å². The number of hydrogen-bond acceptors (Lipinski definition) is 4. The van der Waals surface area contributed by atoms with E-state index in [1.165, 1.54) is 4.88 Å².